The Kier molecular flexibility index (Phi) is 11.4. The van der Waals surface area contributed by atoms with Crippen LogP contribution in [0.3, 0.4) is 0 Å². The first kappa shape index (κ1) is 52.0. The minimum absolute atomic E-state index is 0.00347. The minimum atomic E-state index is -0.863. The van der Waals surface area contributed by atoms with E-state index in [1.807, 2.05) is 6.07 Å². The second-order valence-electron chi connectivity index (χ2n) is 26.2. The Morgan fingerprint density at radius 2 is 0.864 bits per heavy atom. The number of hydrogen-bond donors (Lipinski definition) is 0. The molecule has 0 aliphatic heterocycles. The molecule has 2 aliphatic carbocycles. The van der Waals surface area contributed by atoms with E-state index in [0.29, 0.717) is 0 Å². The average molecular weight is 1140 g/mol. The van der Waals surface area contributed by atoms with E-state index >= 15 is 0 Å². The first-order valence-electron chi connectivity index (χ1n) is 30.9. The number of furan rings is 3. The molecule has 0 amide bonds. The van der Waals surface area contributed by atoms with Gasteiger partial charge in [-0.2, -0.15) is 0 Å². The first-order chi connectivity index (χ1) is 42.9. The molecule has 3 aromatic heterocycles. The Morgan fingerprint density at radius 1 is 0.364 bits per heavy atom. The third-order valence-electron chi connectivity index (χ3n) is 19.1. The SMILES string of the molecule is CC(C)(C)c1ccc(N(C2=Cc3c(oc4ccccc34)CC2)c2ccc3c4c(c5ccccc5c3c2)-c2c(cc(N(c3ccc(C(C)(C)C)cc3)c3ccc5oc6ccccc6c5c3)c3c2oc2ccccc23)C4(c2ccccc2)c2ccccc2)cc1. The van der Waals surface area contributed by atoms with Gasteiger partial charge < -0.3 is 23.1 Å². The highest BCUT2D eigenvalue weighted by molar-refractivity contribution is 6.26. The topological polar surface area (TPSA) is 45.9 Å². The van der Waals surface area contributed by atoms with Gasteiger partial charge in [-0.05, 0) is 163 Å². The van der Waals surface area contributed by atoms with Crippen LogP contribution >= 0.6 is 0 Å². The third-order valence-corrected chi connectivity index (χ3v) is 19.1. The number of fused-ring (bicyclic) bond motifs is 18. The van der Waals surface area contributed by atoms with Crippen LogP contribution in [-0.4, -0.2) is 0 Å². The van der Waals surface area contributed by atoms with E-state index in [-0.39, 0.29) is 10.8 Å². The molecule has 0 bridgehead atoms. The molecule has 12 aromatic carbocycles. The standard InChI is InChI=1S/C83H64N2O3/c1-81(2,3)51-33-37-55(38-34-51)84(58-42-45-74-67(48-58)61-26-15-18-30-71(61)86-74)57-41-44-64-66(47-57)60-25-13-14-28-63(60)77-78-69(83(79(64)77,53-21-9-7-10-22-53)54-23-11-8-12-24-54)50-70(76-65-29-17-20-32-73(65)88-80(76)78)85(56-39-35-52(36-40-56)82(4,5)6)59-43-46-75-68(49-59)62-27-16-19-31-72(62)87-75/h7-41,43-44,46-50H,42,45H2,1-6H3. The summed E-state index contributed by atoms with van der Waals surface area (Å²) >= 11 is 0. The average Bonchev–Trinajstić information content (AvgIpc) is 1.53. The van der Waals surface area contributed by atoms with Crippen molar-refractivity contribution < 1.29 is 13.3 Å². The molecule has 0 radical (unpaired) electrons. The zero-order valence-corrected chi connectivity index (χ0v) is 50.3. The predicted octanol–water partition coefficient (Wildman–Crippen LogP) is 23.1. The molecule has 15 aromatic rings. The molecule has 0 saturated heterocycles. The summed E-state index contributed by atoms with van der Waals surface area (Å²) in [5, 5.41) is 10.1. The summed E-state index contributed by atoms with van der Waals surface area (Å²) in [6, 6.07) is 92.0. The molecular formula is C83H64N2O3. The molecular weight excluding hydrogens is 1070 g/mol. The lowest BCUT2D eigenvalue weighted by atomic mass is 9.66. The van der Waals surface area contributed by atoms with Gasteiger partial charge in [-0.25, -0.2) is 0 Å². The molecule has 5 heteroatoms. The van der Waals surface area contributed by atoms with Gasteiger partial charge in [0.2, 0.25) is 0 Å². The van der Waals surface area contributed by atoms with Crippen molar-refractivity contribution in [3.63, 3.8) is 0 Å². The summed E-state index contributed by atoms with van der Waals surface area (Å²) in [5.41, 5.74) is 20.7. The molecule has 424 valence electrons. The van der Waals surface area contributed by atoms with Crippen molar-refractivity contribution in [3.05, 3.63) is 299 Å². The number of rotatable bonds is 8. The molecule has 0 saturated carbocycles. The van der Waals surface area contributed by atoms with Gasteiger partial charge in [0.05, 0.1) is 16.5 Å². The molecule has 88 heavy (non-hydrogen) atoms. The maximum absolute atomic E-state index is 7.60. The van der Waals surface area contributed by atoms with Crippen molar-refractivity contribution >= 4 is 111 Å². The quantitative estimate of drug-likeness (QED) is 0.142. The summed E-state index contributed by atoms with van der Waals surface area (Å²) in [6.45, 7) is 13.7. The van der Waals surface area contributed by atoms with Crippen LogP contribution in [0.1, 0.15) is 92.7 Å². The smallest absolute Gasteiger partial charge is 0.145 e. The van der Waals surface area contributed by atoms with Gasteiger partial charge in [0.1, 0.15) is 33.7 Å². The van der Waals surface area contributed by atoms with Gasteiger partial charge in [-0.3, -0.25) is 0 Å². The number of anilines is 5. The molecule has 0 spiro atoms. The van der Waals surface area contributed by atoms with E-state index in [1.165, 1.54) is 60.6 Å². The first-order valence-corrected chi connectivity index (χ1v) is 30.9. The Balaban J connectivity index is 0.989. The van der Waals surface area contributed by atoms with E-state index in [9.17, 15) is 0 Å². The zero-order valence-electron chi connectivity index (χ0n) is 50.3. The summed E-state index contributed by atoms with van der Waals surface area (Å²) in [6.07, 6.45) is 4.00. The van der Waals surface area contributed by atoms with E-state index in [2.05, 4.69) is 300 Å². The lowest BCUT2D eigenvalue weighted by Crippen LogP contribution is -2.29. The summed E-state index contributed by atoms with van der Waals surface area (Å²) in [5.74, 6) is 1.04. The highest BCUT2D eigenvalue weighted by Crippen LogP contribution is 2.64. The summed E-state index contributed by atoms with van der Waals surface area (Å²) in [4.78, 5) is 4.98. The van der Waals surface area contributed by atoms with Crippen molar-refractivity contribution in [2.75, 3.05) is 9.80 Å². The number of aryl methyl sites for hydroxylation is 1. The fourth-order valence-corrected chi connectivity index (χ4v) is 14.9. The minimum Gasteiger partial charge on any atom is -0.460 e. The third kappa shape index (κ3) is 7.79. The van der Waals surface area contributed by atoms with Crippen LogP contribution in [0.4, 0.5) is 28.4 Å². The number of benzene rings is 12. The number of para-hydroxylation sites is 3. The second-order valence-corrected chi connectivity index (χ2v) is 26.2. The van der Waals surface area contributed by atoms with Crippen LogP contribution in [0, 0.1) is 0 Å². The van der Waals surface area contributed by atoms with Crippen molar-refractivity contribution in [1.29, 1.82) is 0 Å². The van der Waals surface area contributed by atoms with Crippen molar-refractivity contribution in [2.24, 2.45) is 0 Å². The second kappa shape index (κ2) is 19.3. The van der Waals surface area contributed by atoms with Gasteiger partial charge in [-0.1, -0.05) is 211 Å². The summed E-state index contributed by atoms with van der Waals surface area (Å²) in [7, 11) is 0. The fraction of sp³-hybridized carbons (Fsp3) is 0.133. The Bertz CT molecular complexity index is 5300. The van der Waals surface area contributed by atoms with Crippen molar-refractivity contribution in [3.8, 4) is 11.1 Å². The largest absolute Gasteiger partial charge is 0.460 e. The number of nitrogens with zero attached hydrogens (tertiary/aromatic N) is 2. The number of allylic oxidation sites excluding steroid dienone is 1. The van der Waals surface area contributed by atoms with Gasteiger partial charge in [0.25, 0.3) is 0 Å². The van der Waals surface area contributed by atoms with Crippen LogP contribution in [0.5, 0.6) is 0 Å². The summed E-state index contributed by atoms with van der Waals surface area (Å²) < 4.78 is 20.7. The van der Waals surface area contributed by atoms with Gasteiger partial charge in [0.15, 0.2) is 0 Å². The van der Waals surface area contributed by atoms with Crippen LogP contribution in [-0.2, 0) is 22.7 Å². The van der Waals surface area contributed by atoms with E-state index in [1.54, 1.807) is 0 Å². The molecule has 17 rings (SSSR count). The molecule has 2 aliphatic rings. The highest BCUT2D eigenvalue weighted by Gasteiger charge is 2.50. The fourth-order valence-electron chi connectivity index (χ4n) is 14.9. The molecule has 0 N–H and O–H groups in total. The van der Waals surface area contributed by atoms with E-state index < -0.39 is 5.41 Å². The van der Waals surface area contributed by atoms with E-state index in [0.717, 1.165) is 119 Å². The van der Waals surface area contributed by atoms with Crippen LogP contribution in [0.15, 0.2) is 268 Å². The predicted molar refractivity (Wildman–Crippen MR) is 366 cm³/mol. The highest BCUT2D eigenvalue weighted by atomic mass is 16.3. The lowest BCUT2D eigenvalue weighted by molar-refractivity contribution is 0.542. The van der Waals surface area contributed by atoms with Gasteiger partial charge >= 0.3 is 0 Å². The molecule has 0 fully saturated rings. The molecule has 0 atom stereocenters. The van der Waals surface area contributed by atoms with Gasteiger partial charge in [-0.15, -0.1) is 0 Å². The van der Waals surface area contributed by atoms with Crippen LogP contribution in [0.25, 0.3) is 93.6 Å². The van der Waals surface area contributed by atoms with Crippen molar-refractivity contribution in [2.45, 2.75) is 70.6 Å². The van der Waals surface area contributed by atoms with Crippen molar-refractivity contribution in [1.82, 2.24) is 0 Å². The molecule has 3 heterocycles. The molecule has 0 unspecified atom stereocenters. The Labute approximate surface area is 512 Å². The normalized spacial score (nSPS) is 13.9. The van der Waals surface area contributed by atoms with E-state index in [4.69, 9.17) is 13.3 Å². The van der Waals surface area contributed by atoms with Crippen LogP contribution in [0.2, 0.25) is 0 Å². The monoisotopic (exact) mass is 1140 g/mol. The maximum Gasteiger partial charge on any atom is 0.145 e. The molecule has 5 nitrogen and oxygen atoms in total. The van der Waals surface area contributed by atoms with Crippen LogP contribution < -0.4 is 9.80 Å². The lowest BCUT2D eigenvalue weighted by Gasteiger charge is -2.36. The Morgan fingerprint density at radius 3 is 1.51 bits per heavy atom. The maximum atomic E-state index is 7.60. The van der Waals surface area contributed by atoms with Gasteiger partial charge in [0, 0.05) is 67.5 Å². The Hall–Kier alpha value is -10.4. The zero-order chi connectivity index (χ0) is 59.2. The number of hydrogen-bond acceptors (Lipinski definition) is 5.